The molecule has 4 heteroatoms. The van der Waals surface area contributed by atoms with Gasteiger partial charge in [-0.2, -0.15) is 0 Å². The molecule has 2 rings (SSSR count). The van der Waals surface area contributed by atoms with E-state index in [2.05, 4.69) is 15.9 Å². The van der Waals surface area contributed by atoms with E-state index in [1.165, 1.54) is 0 Å². The standard InChI is InChI=1S/C10H7BrClNO/c1-13-7-5-3-2-4-6(7)9(12)8(11)10(13)14/h2-5H,1H3. The monoisotopic (exact) mass is 271 g/mol. The number of fused-ring (bicyclic) bond motifs is 1. The summed E-state index contributed by atoms with van der Waals surface area (Å²) in [5.74, 6) is 0. The van der Waals surface area contributed by atoms with E-state index in [4.69, 9.17) is 11.6 Å². The largest absolute Gasteiger partial charge is 0.310 e. The van der Waals surface area contributed by atoms with Gasteiger partial charge in [0.2, 0.25) is 0 Å². The molecule has 0 unspecified atom stereocenters. The summed E-state index contributed by atoms with van der Waals surface area (Å²) in [7, 11) is 1.73. The highest BCUT2D eigenvalue weighted by Gasteiger charge is 2.09. The lowest BCUT2D eigenvalue weighted by molar-refractivity contribution is 0.899. The summed E-state index contributed by atoms with van der Waals surface area (Å²) in [6, 6.07) is 7.54. The summed E-state index contributed by atoms with van der Waals surface area (Å²) < 4.78 is 1.99. The molecule has 0 saturated carbocycles. The first-order valence-electron chi connectivity index (χ1n) is 4.05. The normalized spacial score (nSPS) is 10.8. The number of pyridine rings is 1. The van der Waals surface area contributed by atoms with E-state index in [0.717, 1.165) is 10.9 Å². The molecular formula is C10H7BrClNO. The van der Waals surface area contributed by atoms with Crippen molar-refractivity contribution in [2.24, 2.45) is 7.05 Å². The van der Waals surface area contributed by atoms with Gasteiger partial charge in [0.25, 0.3) is 5.56 Å². The molecule has 0 aliphatic rings. The van der Waals surface area contributed by atoms with Crippen LogP contribution >= 0.6 is 27.5 Å². The van der Waals surface area contributed by atoms with Gasteiger partial charge in [-0.1, -0.05) is 29.8 Å². The molecule has 0 aliphatic carbocycles. The summed E-state index contributed by atoms with van der Waals surface area (Å²) in [6.45, 7) is 0. The molecule has 0 atom stereocenters. The van der Waals surface area contributed by atoms with Crippen LogP contribution in [0.5, 0.6) is 0 Å². The zero-order chi connectivity index (χ0) is 10.3. The minimum Gasteiger partial charge on any atom is -0.310 e. The number of nitrogens with zero attached hydrogens (tertiary/aromatic N) is 1. The molecule has 2 aromatic rings. The van der Waals surface area contributed by atoms with Crippen molar-refractivity contribution in [3.63, 3.8) is 0 Å². The Labute approximate surface area is 94.2 Å². The second-order valence-corrected chi connectivity index (χ2v) is 4.18. The highest BCUT2D eigenvalue weighted by molar-refractivity contribution is 9.10. The van der Waals surface area contributed by atoms with Crippen LogP contribution in [0.2, 0.25) is 5.02 Å². The number of aryl methyl sites for hydroxylation is 1. The second-order valence-electron chi connectivity index (χ2n) is 3.01. The molecule has 2 nitrogen and oxygen atoms in total. The van der Waals surface area contributed by atoms with Crippen LogP contribution < -0.4 is 5.56 Å². The minimum absolute atomic E-state index is 0.117. The third kappa shape index (κ3) is 1.28. The maximum absolute atomic E-state index is 11.6. The Morgan fingerprint density at radius 1 is 1.36 bits per heavy atom. The zero-order valence-corrected chi connectivity index (χ0v) is 9.76. The van der Waals surface area contributed by atoms with Crippen molar-refractivity contribution in [3.05, 3.63) is 44.1 Å². The summed E-state index contributed by atoms with van der Waals surface area (Å²) in [5, 5.41) is 1.35. The molecule has 72 valence electrons. The summed E-state index contributed by atoms with van der Waals surface area (Å²) in [4.78, 5) is 11.6. The average molecular weight is 273 g/mol. The second kappa shape index (κ2) is 3.41. The van der Waals surface area contributed by atoms with Crippen molar-refractivity contribution in [1.29, 1.82) is 0 Å². The summed E-state index contributed by atoms with van der Waals surface area (Å²) in [6.07, 6.45) is 0. The van der Waals surface area contributed by atoms with Gasteiger partial charge in [-0.3, -0.25) is 4.79 Å². The van der Waals surface area contributed by atoms with Crippen molar-refractivity contribution in [2.75, 3.05) is 0 Å². The smallest absolute Gasteiger partial charge is 0.266 e. The minimum atomic E-state index is -0.117. The first kappa shape index (κ1) is 9.74. The summed E-state index contributed by atoms with van der Waals surface area (Å²) in [5.41, 5.74) is 0.722. The third-order valence-electron chi connectivity index (χ3n) is 2.19. The Balaban J connectivity index is 3.10. The lowest BCUT2D eigenvalue weighted by atomic mass is 10.2. The Bertz CT molecular complexity index is 562. The molecule has 14 heavy (non-hydrogen) atoms. The number of para-hydroxylation sites is 1. The predicted molar refractivity (Wildman–Crippen MR) is 61.9 cm³/mol. The fourth-order valence-corrected chi connectivity index (χ4v) is 2.14. The molecule has 0 aliphatic heterocycles. The maximum atomic E-state index is 11.6. The maximum Gasteiger partial charge on any atom is 0.266 e. The first-order valence-corrected chi connectivity index (χ1v) is 5.22. The molecule has 1 aromatic carbocycles. The lowest BCUT2D eigenvalue weighted by Gasteiger charge is -2.07. The highest BCUT2D eigenvalue weighted by Crippen LogP contribution is 2.27. The number of benzene rings is 1. The van der Waals surface area contributed by atoms with Gasteiger partial charge in [0.05, 0.1) is 10.5 Å². The molecule has 0 fully saturated rings. The van der Waals surface area contributed by atoms with Crippen molar-refractivity contribution in [2.45, 2.75) is 0 Å². The van der Waals surface area contributed by atoms with Crippen LogP contribution in [0.25, 0.3) is 10.9 Å². The lowest BCUT2D eigenvalue weighted by Crippen LogP contribution is -2.17. The van der Waals surface area contributed by atoms with Crippen LogP contribution in [0.4, 0.5) is 0 Å². The fourth-order valence-electron chi connectivity index (χ4n) is 1.42. The molecule has 0 saturated heterocycles. The molecular weight excluding hydrogens is 265 g/mol. The Morgan fingerprint density at radius 3 is 2.71 bits per heavy atom. The number of hydrogen-bond donors (Lipinski definition) is 0. The van der Waals surface area contributed by atoms with E-state index in [1.54, 1.807) is 11.6 Å². The molecule has 1 aromatic heterocycles. The van der Waals surface area contributed by atoms with Crippen LogP contribution in [0.15, 0.2) is 33.5 Å². The predicted octanol–water partition coefficient (Wildman–Crippen LogP) is 2.95. The number of halogens is 2. The van der Waals surface area contributed by atoms with Crippen LogP contribution in [-0.2, 0) is 7.05 Å². The van der Waals surface area contributed by atoms with Gasteiger partial charge < -0.3 is 4.57 Å². The van der Waals surface area contributed by atoms with E-state index in [-0.39, 0.29) is 5.56 Å². The van der Waals surface area contributed by atoms with E-state index >= 15 is 0 Å². The molecule has 0 amide bonds. The van der Waals surface area contributed by atoms with E-state index < -0.39 is 0 Å². The quantitative estimate of drug-likeness (QED) is 0.723. The number of rotatable bonds is 0. The Hall–Kier alpha value is -0.800. The highest BCUT2D eigenvalue weighted by atomic mass is 79.9. The molecule has 0 spiro atoms. The fraction of sp³-hybridized carbons (Fsp3) is 0.100. The summed E-state index contributed by atoms with van der Waals surface area (Å²) >= 11 is 9.23. The average Bonchev–Trinajstić information content (AvgIpc) is 2.23. The van der Waals surface area contributed by atoms with Gasteiger partial charge >= 0.3 is 0 Å². The molecule has 0 bridgehead atoms. The van der Waals surface area contributed by atoms with E-state index in [9.17, 15) is 4.79 Å². The van der Waals surface area contributed by atoms with Crippen molar-refractivity contribution in [3.8, 4) is 0 Å². The number of hydrogen-bond acceptors (Lipinski definition) is 1. The van der Waals surface area contributed by atoms with Crippen LogP contribution in [0.3, 0.4) is 0 Å². The van der Waals surface area contributed by atoms with Gasteiger partial charge in [0.1, 0.15) is 4.47 Å². The van der Waals surface area contributed by atoms with Crippen LogP contribution in [0, 0.1) is 0 Å². The van der Waals surface area contributed by atoms with Gasteiger partial charge in [-0.15, -0.1) is 0 Å². The molecule has 1 heterocycles. The van der Waals surface area contributed by atoms with Crippen molar-refractivity contribution >= 4 is 38.4 Å². The SMILES string of the molecule is Cn1c(=O)c(Br)c(Cl)c2ccccc21. The van der Waals surface area contributed by atoms with E-state index in [1.807, 2.05) is 24.3 Å². The van der Waals surface area contributed by atoms with Crippen molar-refractivity contribution < 1.29 is 0 Å². The molecule has 0 radical (unpaired) electrons. The molecule has 0 N–H and O–H groups in total. The third-order valence-corrected chi connectivity index (χ3v) is 3.54. The van der Waals surface area contributed by atoms with Gasteiger partial charge in [0.15, 0.2) is 0 Å². The Morgan fingerprint density at radius 2 is 2.00 bits per heavy atom. The van der Waals surface area contributed by atoms with Gasteiger partial charge in [-0.25, -0.2) is 0 Å². The van der Waals surface area contributed by atoms with Crippen LogP contribution in [0.1, 0.15) is 0 Å². The van der Waals surface area contributed by atoms with Crippen molar-refractivity contribution in [1.82, 2.24) is 4.57 Å². The number of aromatic nitrogens is 1. The first-order chi connectivity index (χ1) is 6.63. The topological polar surface area (TPSA) is 22.0 Å². The van der Waals surface area contributed by atoms with Gasteiger partial charge in [-0.05, 0) is 22.0 Å². The van der Waals surface area contributed by atoms with Crippen LogP contribution in [-0.4, -0.2) is 4.57 Å². The zero-order valence-electron chi connectivity index (χ0n) is 7.42. The van der Waals surface area contributed by atoms with Gasteiger partial charge in [0, 0.05) is 12.4 Å². The Kier molecular flexibility index (Phi) is 2.37. The van der Waals surface area contributed by atoms with E-state index in [0.29, 0.717) is 9.50 Å².